The Kier molecular flexibility index (Phi) is 3.23. The maximum absolute atomic E-state index is 13.4. The van der Waals surface area contributed by atoms with Gasteiger partial charge in [0.25, 0.3) is 5.91 Å². The van der Waals surface area contributed by atoms with Gasteiger partial charge in [-0.05, 0) is 30.7 Å². The van der Waals surface area contributed by atoms with Gasteiger partial charge in [0.1, 0.15) is 17.1 Å². The van der Waals surface area contributed by atoms with Crippen molar-refractivity contribution < 1.29 is 14.3 Å². The molecule has 0 aliphatic heterocycles. The average molecular weight is 246 g/mol. The van der Waals surface area contributed by atoms with Crippen LogP contribution >= 0.6 is 0 Å². The SMILES string of the molecule is Cc1cncc(NC(=O)c2c(O)cccc2F)c1. The summed E-state index contributed by atoms with van der Waals surface area (Å²) in [7, 11) is 0. The zero-order valence-electron chi connectivity index (χ0n) is 9.64. The lowest BCUT2D eigenvalue weighted by Crippen LogP contribution is -2.14. The summed E-state index contributed by atoms with van der Waals surface area (Å²) < 4.78 is 13.4. The van der Waals surface area contributed by atoms with Gasteiger partial charge in [0.2, 0.25) is 0 Å². The van der Waals surface area contributed by atoms with E-state index in [2.05, 4.69) is 10.3 Å². The fourth-order valence-electron chi connectivity index (χ4n) is 1.55. The number of rotatable bonds is 2. The molecule has 1 aromatic carbocycles. The molecular formula is C13H11FN2O2. The molecule has 2 N–H and O–H groups in total. The molecule has 0 bridgehead atoms. The Labute approximate surface area is 103 Å². The summed E-state index contributed by atoms with van der Waals surface area (Å²) in [4.78, 5) is 15.7. The summed E-state index contributed by atoms with van der Waals surface area (Å²) in [5.74, 6) is -1.88. The van der Waals surface area contributed by atoms with E-state index < -0.39 is 17.5 Å². The first-order valence-corrected chi connectivity index (χ1v) is 5.28. The average Bonchev–Trinajstić information content (AvgIpc) is 2.28. The number of aromatic nitrogens is 1. The van der Waals surface area contributed by atoms with E-state index in [1.54, 1.807) is 12.3 Å². The highest BCUT2D eigenvalue weighted by Gasteiger charge is 2.16. The molecule has 2 aromatic rings. The van der Waals surface area contributed by atoms with Gasteiger partial charge in [0, 0.05) is 6.20 Å². The number of nitrogens with zero attached hydrogens (tertiary/aromatic N) is 1. The molecule has 5 heteroatoms. The van der Waals surface area contributed by atoms with Gasteiger partial charge >= 0.3 is 0 Å². The van der Waals surface area contributed by atoms with Crippen LogP contribution in [0.4, 0.5) is 10.1 Å². The van der Waals surface area contributed by atoms with E-state index in [1.165, 1.54) is 18.3 Å². The molecule has 0 atom stereocenters. The maximum Gasteiger partial charge on any atom is 0.262 e. The zero-order valence-corrected chi connectivity index (χ0v) is 9.64. The fourth-order valence-corrected chi connectivity index (χ4v) is 1.55. The highest BCUT2D eigenvalue weighted by Crippen LogP contribution is 2.21. The molecule has 1 heterocycles. The molecule has 2 rings (SSSR count). The van der Waals surface area contributed by atoms with Crippen LogP contribution in [0.1, 0.15) is 15.9 Å². The van der Waals surface area contributed by atoms with Crippen molar-refractivity contribution in [2.75, 3.05) is 5.32 Å². The quantitative estimate of drug-likeness (QED) is 0.855. The molecule has 0 saturated heterocycles. The van der Waals surface area contributed by atoms with Crippen LogP contribution in [0.25, 0.3) is 0 Å². The molecule has 0 spiro atoms. The Morgan fingerprint density at radius 2 is 2.17 bits per heavy atom. The first-order chi connectivity index (χ1) is 8.58. The van der Waals surface area contributed by atoms with E-state index in [9.17, 15) is 14.3 Å². The molecule has 1 amide bonds. The smallest absolute Gasteiger partial charge is 0.262 e. The van der Waals surface area contributed by atoms with Crippen molar-refractivity contribution in [3.05, 3.63) is 53.6 Å². The van der Waals surface area contributed by atoms with E-state index in [0.29, 0.717) is 5.69 Å². The fraction of sp³-hybridized carbons (Fsp3) is 0.0769. The van der Waals surface area contributed by atoms with Crippen LogP contribution in [0.5, 0.6) is 5.75 Å². The summed E-state index contributed by atoms with van der Waals surface area (Å²) in [6.45, 7) is 1.82. The summed E-state index contributed by atoms with van der Waals surface area (Å²) in [5.41, 5.74) is 0.937. The number of hydrogen-bond acceptors (Lipinski definition) is 3. The number of aromatic hydroxyl groups is 1. The minimum Gasteiger partial charge on any atom is -0.507 e. The van der Waals surface area contributed by atoms with Gasteiger partial charge in [-0.1, -0.05) is 6.07 Å². The van der Waals surface area contributed by atoms with Gasteiger partial charge in [-0.3, -0.25) is 9.78 Å². The van der Waals surface area contributed by atoms with Gasteiger partial charge in [0.05, 0.1) is 11.9 Å². The van der Waals surface area contributed by atoms with Crippen molar-refractivity contribution in [2.45, 2.75) is 6.92 Å². The number of amides is 1. The van der Waals surface area contributed by atoms with Crippen molar-refractivity contribution in [1.82, 2.24) is 4.98 Å². The van der Waals surface area contributed by atoms with Gasteiger partial charge < -0.3 is 10.4 Å². The van der Waals surface area contributed by atoms with Crippen molar-refractivity contribution in [3.63, 3.8) is 0 Å². The zero-order chi connectivity index (χ0) is 13.1. The summed E-state index contributed by atoms with van der Waals surface area (Å²) in [5, 5.41) is 12.0. The van der Waals surface area contributed by atoms with Crippen LogP contribution in [0.15, 0.2) is 36.7 Å². The van der Waals surface area contributed by atoms with Crippen LogP contribution in [0, 0.1) is 12.7 Å². The van der Waals surface area contributed by atoms with Gasteiger partial charge in [-0.25, -0.2) is 4.39 Å². The Balaban J connectivity index is 2.28. The normalized spacial score (nSPS) is 10.1. The van der Waals surface area contributed by atoms with Gasteiger partial charge in [-0.15, -0.1) is 0 Å². The second kappa shape index (κ2) is 4.83. The summed E-state index contributed by atoms with van der Waals surface area (Å²) in [6, 6.07) is 5.40. The third-order valence-electron chi connectivity index (χ3n) is 2.35. The lowest BCUT2D eigenvalue weighted by atomic mass is 10.1. The predicted molar refractivity (Wildman–Crippen MR) is 65.0 cm³/mol. The molecule has 0 unspecified atom stereocenters. The van der Waals surface area contributed by atoms with Crippen molar-refractivity contribution in [3.8, 4) is 5.75 Å². The number of benzene rings is 1. The lowest BCUT2D eigenvalue weighted by molar-refractivity contribution is 0.102. The number of hydrogen-bond donors (Lipinski definition) is 2. The highest BCUT2D eigenvalue weighted by atomic mass is 19.1. The number of carbonyl (C=O) groups is 1. The summed E-state index contributed by atoms with van der Waals surface area (Å²) >= 11 is 0. The summed E-state index contributed by atoms with van der Waals surface area (Å²) in [6.07, 6.45) is 3.08. The van der Waals surface area contributed by atoms with E-state index in [-0.39, 0.29) is 5.56 Å². The van der Waals surface area contributed by atoms with Gasteiger partial charge in [-0.2, -0.15) is 0 Å². The van der Waals surface area contributed by atoms with E-state index in [1.807, 2.05) is 6.92 Å². The Bertz CT molecular complexity index is 579. The Morgan fingerprint density at radius 1 is 1.39 bits per heavy atom. The predicted octanol–water partition coefficient (Wildman–Crippen LogP) is 2.49. The van der Waals surface area contributed by atoms with Crippen molar-refractivity contribution in [2.24, 2.45) is 0 Å². The number of nitrogens with one attached hydrogen (secondary N) is 1. The molecule has 0 aliphatic rings. The molecule has 0 radical (unpaired) electrons. The molecule has 92 valence electrons. The largest absolute Gasteiger partial charge is 0.507 e. The van der Waals surface area contributed by atoms with Crippen LogP contribution < -0.4 is 5.32 Å². The molecule has 0 fully saturated rings. The number of phenolic OH excluding ortho intramolecular Hbond substituents is 1. The van der Waals surface area contributed by atoms with E-state index in [4.69, 9.17) is 0 Å². The van der Waals surface area contributed by atoms with Crippen LogP contribution in [-0.2, 0) is 0 Å². The topological polar surface area (TPSA) is 62.2 Å². The lowest BCUT2D eigenvalue weighted by Gasteiger charge is -2.07. The Hall–Kier alpha value is -2.43. The van der Waals surface area contributed by atoms with E-state index >= 15 is 0 Å². The molecule has 18 heavy (non-hydrogen) atoms. The van der Waals surface area contributed by atoms with Crippen LogP contribution in [0.2, 0.25) is 0 Å². The third-order valence-corrected chi connectivity index (χ3v) is 2.35. The minimum atomic E-state index is -0.770. The van der Waals surface area contributed by atoms with E-state index in [0.717, 1.165) is 11.6 Å². The number of anilines is 1. The molecule has 0 aliphatic carbocycles. The van der Waals surface area contributed by atoms with Gasteiger partial charge in [0.15, 0.2) is 0 Å². The first kappa shape index (κ1) is 12.0. The van der Waals surface area contributed by atoms with Crippen LogP contribution in [-0.4, -0.2) is 16.0 Å². The Morgan fingerprint density at radius 3 is 2.83 bits per heavy atom. The number of phenols is 1. The van der Waals surface area contributed by atoms with Crippen molar-refractivity contribution >= 4 is 11.6 Å². The molecule has 0 saturated carbocycles. The van der Waals surface area contributed by atoms with Crippen molar-refractivity contribution in [1.29, 1.82) is 0 Å². The third kappa shape index (κ3) is 2.45. The second-order valence-electron chi connectivity index (χ2n) is 3.84. The maximum atomic E-state index is 13.4. The highest BCUT2D eigenvalue weighted by molar-refractivity contribution is 6.06. The number of aryl methyl sites for hydroxylation is 1. The van der Waals surface area contributed by atoms with Crippen LogP contribution in [0.3, 0.4) is 0 Å². The number of carbonyl (C=O) groups excluding carboxylic acids is 1. The molecule has 4 nitrogen and oxygen atoms in total. The first-order valence-electron chi connectivity index (χ1n) is 5.28. The molecule has 1 aromatic heterocycles. The number of halogens is 1. The second-order valence-corrected chi connectivity index (χ2v) is 3.84. The monoisotopic (exact) mass is 246 g/mol. The standard InChI is InChI=1S/C13H11FN2O2/c1-8-5-9(7-15-6-8)16-13(18)12-10(14)3-2-4-11(12)17/h2-7,17H,1H3,(H,16,18). The number of pyridine rings is 1. The molecular weight excluding hydrogens is 235 g/mol. The minimum absolute atomic E-state index is 0.376.